The summed E-state index contributed by atoms with van der Waals surface area (Å²) in [6.07, 6.45) is 1.95. The van der Waals surface area contributed by atoms with Crippen LogP contribution in [0.1, 0.15) is 12.0 Å². The molecular formula is C14H15N3O3. The number of nitrogens with zero attached hydrogens (tertiary/aromatic N) is 1. The molecule has 0 saturated carbocycles. The van der Waals surface area contributed by atoms with E-state index >= 15 is 0 Å². The van der Waals surface area contributed by atoms with Crippen molar-refractivity contribution in [2.24, 2.45) is 5.73 Å². The van der Waals surface area contributed by atoms with Crippen molar-refractivity contribution in [3.05, 3.63) is 52.4 Å². The standard InChI is InChI=1S/C14H15N3O3/c15-11(14(19)20)7-6-10-8-16-12(17-13(10)18)9-4-2-1-3-5-9/h1-5,8,11H,6-7,15H2,(H,19,20)(H,16,17,18). The highest BCUT2D eigenvalue weighted by Crippen LogP contribution is 2.12. The number of hydrogen-bond acceptors (Lipinski definition) is 4. The number of aromatic amines is 1. The molecule has 1 aromatic carbocycles. The Kier molecular flexibility index (Phi) is 4.27. The maximum atomic E-state index is 11.9. The molecule has 6 heteroatoms. The Balaban J connectivity index is 2.15. The van der Waals surface area contributed by atoms with Crippen LogP contribution in [0.3, 0.4) is 0 Å². The van der Waals surface area contributed by atoms with Crippen LogP contribution >= 0.6 is 0 Å². The van der Waals surface area contributed by atoms with Crippen molar-refractivity contribution in [3.63, 3.8) is 0 Å². The van der Waals surface area contributed by atoms with Gasteiger partial charge in [0.15, 0.2) is 0 Å². The summed E-state index contributed by atoms with van der Waals surface area (Å²) < 4.78 is 0. The summed E-state index contributed by atoms with van der Waals surface area (Å²) in [6, 6.07) is 8.31. The fourth-order valence-electron chi connectivity index (χ4n) is 1.78. The Bertz CT molecular complexity index is 652. The monoisotopic (exact) mass is 273 g/mol. The number of benzene rings is 1. The van der Waals surface area contributed by atoms with Gasteiger partial charge in [-0.25, -0.2) is 4.98 Å². The normalized spacial score (nSPS) is 12.1. The van der Waals surface area contributed by atoms with E-state index in [-0.39, 0.29) is 18.4 Å². The Morgan fingerprint density at radius 1 is 1.35 bits per heavy atom. The van der Waals surface area contributed by atoms with Crippen LogP contribution in [0.4, 0.5) is 0 Å². The minimum Gasteiger partial charge on any atom is -0.480 e. The molecule has 0 aliphatic heterocycles. The molecule has 0 radical (unpaired) electrons. The van der Waals surface area contributed by atoms with Crippen LogP contribution < -0.4 is 11.3 Å². The van der Waals surface area contributed by atoms with E-state index in [4.69, 9.17) is 10.8 Å². The van der Waals surface area contributed by atoms with Gasteiger partial charge in [-0.1, -0.05) is 30.3 Å². The van der Waals surface area contributed by atoms with E-state index in [9.17, 15) is 9.59 Å². The smallest absolute Gasteiger partial charge is 0.320 e. The Morgan fingerprint density at radius 2 is 2.05 bits per heavy atom. The lowest BCUT2D eigenvalue weighted by atomic mass is 10.1. The Hall–Kier alpha value is -2.47. The Labute approximate surface area is 115 Å². The van der Waals surface area contributed by atoms with Gasteiger partial charge in [-0.2, -0.15) is 0 Å². The maximum Gasteiger partial charge on any atom is 0.320 e. The van der Waals surface area contributed by atoms with Crippen LogP contribution in [-0.4, -0.2) is 27.1 Å². The number of H-pyrrole nitrogens is 1. The van der Waals surface area contributed by atoms with Gasteiger partial charge >= 0.3 is 5.97 Å². The second kappa shape index (κ2) is 6.12. The molecule has 1 aromatic heterocycles. The van der Waals surface area contributed by atoms with Gasteiger partial charge in [0, 0.05) is 17.3 Å². The summed E-state index contributed by atoms with van der Waals surface area (Å²) >= 11 is 0. The first-order valence-corrected chi connectivity index (χ1v) is 6.20. The van der Waals surface area contributed by atoms with E-state index in [1.54, 1.807) is 0 Å². The fourth-order valence-corrected chi connectivity index (χ4v) is 1.78. The van der Waals surface area contributed by atoms with Gasteiger partial charge in [0.2, 0.25) is 0 Å². The molecule has 6 nitrogen and oxygen atoms in total. The molecule has 104 valence electrons. The topological polar surface area (TPSA) is 109 Å². The van der Waals surface area contributed by atoms with Crippen LogP contribution in [0.2, 0.25) is 0 Å². The lowest BCUT2D eigenvalue weighted by Gasteiger charge is -2.06. The van der Waals surface area contributed by atoms with E-state index in [2.05, 4.69) is 9.97 Å². The number of carboxylic acids is 1. The predicted octanol–water partition coefficient (Wildman–Crippen LogP) is 0.781. The first kappa shape index (κ1) is 14.0. The highest BCUT2D eigenvalue weighted by Gasteiger charge is 2.12. The van der Waals surface area contributed by atoms with Crippen LogP contribution in [0.15, 0.2) is 41.3 Å². The molecule has 0 aliphatic carbocycles. The molecule has 2 aromatic rings. The average Bonchev–Trinajstić information content (AvgIpc) is 2.46. The third-order valence-electron chi connectivity index (χ3n) is 2.96. The summed E-state index contributed by atoms with van der Waals surface area (Å²) in [5.41, 5.74) is 6.39. The molecule has 1 atom stereocenters. The largest absolute Gasteiger partial charge is 0.480 e. The number of aromatic nitrogens is 2. The van der Waals surface area contributed by atoms with Crippen molar-refractivity contribution in [1.29, 1.82) is 0 Å². The number of hydrogen-bond donors (Lipinski definition) is 3. The number of nitrogens with two attached hydrogens (primary N) is 1. The van der Waals surface area contributed by atoms with Gasteiger partial charge in [0.25, 0.3) is 5.56 Å². The molecule has 1 heterocycles. The number of aliphatic carboxylic acids is 1. The molecule has 1 unspecified atom stereocenters. The number of aryl methyl sites for hydroxylation is 1. The van der Waals surface area contributed by atoms with Crippen molar-refractivity contribution < 1.29 is 9.90 Å². The minimum absolute atomic E-state index is 0.199. The van der Waals surface area contributed by atoms with Gasteiger partial charge in [-0.3, -0.25) is 9.59 Å². The average molecular weight is 273 g/mol. The molecule has 0 saturated heterocycles. The second-order valence-electron chi connectivity index (χ2n) is 4.44. The number of rotatable bonds is 5. The molecule has 4 N–H and O–H groups in total. The zero-order chi connectivity index (χ0) is 14.5. The number of carbonyl (C=O) groups is 1. The molecule has 0 spiro atoms. The van der Waals surface area contributed by atoms with Crippen LogP contribution in [0, 0.1) is 0 Å². The predicted molar refractivity (Wildman–Crippen MR) is 74.2 cm³/mol. The van der Waals surface area contributed by atoms with Crippen molar-refractivity contribution in [2.45, 2.75) is 18.9 Å². The third kappa shape index (κ3) is 3.30. The van der Waals surface area contributed by atoms with Gasteiger partial charge in [-0.05, 0) is 12.8 Å². The van der Waals surface area contributed by atoms with Crippen LogP contribution in [0.25, 0.3) is 11.4 Å². The summed E-state index contributed by atoms with van der Waals surface area (Å²) in [6.45, 7) is 0. The maximum absolute atomic E-state index is 11.9. The van der Waals surface area contributed by atoms with E-state index in [1.165, 1.54) is 6.20 Å². The SMILES string of the molecule is NC(CCc1cnc(-c2ccccc2)[nH]c1=O)C(=O)O. The van der Waals surface area contributed by atoms with Crippen molar-refractivity contribution in [1.82, 2.24) is 9.97 Å². The van der Waals surface area contributed by atoms with E-state index in [0.29, 0.717) is 11.4 Å². The second-order valence-corrected chi connectivity index (χ2v) is 4.44. The lowest BCUT2D eigenvalue weighted by Crippen LogP contribution is -2.31. The first-order valence-electron chi connectivity index (χ1n) is 6.20. The van der Waals surface area contributed by atoms with E-state index < -0.39 is 12.0 Å². The molecule has 0 amide bonds. The van der Waals surface area contributed by atoms with Crippen LogP contribution in [-0.2, 0) is 11.2 Å². The van der Waals surface area contributed by atoms with Crippen molar-refractivity contribution in [2.75, 3.05) is 0 Å². The molecule has 2 rings (SSSR count). The highest BCUT2D eigenvalue weighted by molar-refractivity contribution is 5.73. The summed E-state index contributed by atoms with van der Waals surface area (Å²) in [5, 5.41) is 8.70. The lowest BCUT2D eigenvalue weighted by molar-refractivity contribution is -0.138. The van der Waals surface area contributed by atoms with Gasteiger partial charge < -0.3 is 15.8 Å². The van der Waals surface area contributed by atoms with Gasteiger partial charge in [0.1, 0.15) is 11.9 Å². The molecule has 0 fully saturated rings. The van der Waals surface area contributed by atoms with Crippen molar-refractivity contribution >= 4 is 5.97 Å². The molecular weight excluding hydrogens is 258 g/mol. The minimum atomic E-state index is -1.07. The molecule has 20 heavy (non-hydrogen) atoms. The van der Waals surface area contributed by atoms with E-state index in [0.717, 1.165) is 5.56 Å². The Morgan fingerprint density at radius 3 is 2.65 bits per heavy atom. The van der Waals surface area contributed by atoms with E-state index in [1.807, 2.05) is 30.3 Å². The van der Waals surface area contributed by atoms with Gasteiger partial charge in [-0.15, -0.1) is 0 Å². The zero-order valence-corrected chi connectivity index (χ0v) is 10.7. The molecule has 0 aliphatic rings. The fraction of sp³-hybridized carbons (Fsp3) is 0.214. The number of nitrogens with one attached hydrogen (secondary N) is 1. The van der Waals surface area contributed by atoms with Crippen LogP contribution in [0.5, 0.6) is 0 Å². The zero-order valence-electron chi connectivity index (χ0n) is 10.7. The highest BCUT2D eigenvalue weighted by atomic mass is 16.4. The summed E-state index contributed by atoms with van der Waals surface area (Å²) in [7, 11) is 0. The summed E-state index contributed by atoms with van der Waals surface area (Å²) in [5.74, 6) is -0.586. The first-order chi connectivity index (χ1) is 9.58. The molecule has 0 bridgehead atoms. The third-order valence-corrected chi connectivity index (χ3v) is 2.96. The quantitative estimate of drug-likeness (QED) is 0.746. The summed E-state index contributed by atoms with van der Waals surface area (Å²) in [4.78, 5) is 29.4. The van der Waals surface area contributed by atoms with Gasteiger partial charge in [0.05, 0.1) is 0 Å². The van der Waals surface area contributed by atoms with Crippen molar-refractivity contribution in [3.8, 4) is 11.4 Å². The number of carboxylic acid groups (broad SMARTS) is 1.